The van der Waals surface area contributed by atoms with Crippen molar-refractivity contribution < 1.29 is 56.8 Å². The average molecular weight is 565 g/mol. The molecule has 13 heteroatoms. The van der Waals surface area contributed by atoms with E-state index in [1.807, 2.05) is 0 Å². The number of nitrogens with two attached hydrogens (primary N) is 1. The third-order valence-electron chi connectivity index (χ3n) is 7.98. The first-order valence-electron chi connectivity index (χ1n) is 12.0. The Balaban J connectivity index is 1.62. The minimum atomic E-state index is -2.77. The van der Waals surface area contributed by atoms with Crippen LogP contribution in [0.4, 0.5) is 22.0 Å². The zero-order chi connectivity index (χ0) is 29.4. The summed E-state index contributed by atoms with van der Waals surface area (Å²) in [6.07, 6.45) is -0.535. The largest absolute Gasteiger partial charge is 0.507 e. The summed E-state index contributed by atoms with van der Waals surface area (Å²) in [4.78, 5) is 38.3. The van der Waals surface area contributed by atoms with Crippen molar-refractivity contribution in [2.24, 2.45) is 23.5 Å². The number of phenolic OH excluding ortho intramolecular Hbond substituents is 1. The fourth-order valence-corrected chi connectivity index (χ4v) is 6.05. The Morgan fingerprint density at radius 2 is 1.55 bits per heavy atom. The fraction of sp³-hybridized carbons (Fsp3) is 0.296. The molecule has 0 radical (unpaired) electrons. The lowest BCUT2D eigenvalue weighted by Gasteiger charge is -2.48. The zero-order valence-electron chi connectivity index (χ0n) is 20.2. The molecule has 2 saturated carbocycles. The molecule has 2 aromatic rings. The van der Waals surface area contributed by atoms with Gasteiger partial charge in [0.05, 0.1) is 17.2 Å². The molecule has 0 aromatic heterocycles. The summed E-state index contributed by atoms with van der Waals surface area (Å²) >= 11 is 0. The number of ketones is 2. The van der Waals surface area contributed by atoms with Crippen LogP contribution in [0.15, 0.2) is 17.7 Å². The van der Waals surface area contributed by atoms with E-state index >= 15 is 0 Å². The van der Waals surface area contributed by atoms with Gasteiger partial charge in [0.1, 0.15) is 17.4 Å². The summed E-state index contributed by atoms with van der Waals surface area (Å²) in [5, 5.41) is 43.1. The maximum Gasteiger partial charge on any atom is 0.230 e. The molecule has 5 rings (SSSR count). The Bertz CT molecular complexity index is 1560. The first-order valence-corrected chi connectivity index (χ1v) is 12.0. The van der Waals surface area contributed by atoms with Crippen molar-refractivity contribution in [2.75, 3.05) is 0 Å². The molecule has 8 nitrogen and oxygen atoms in total. The first-order chi connectivity index (χ1) is 18.7. The molecule has 0 heterocycles. The average Bonchev–Trinajstić information content (AvgIpc) is 2.89. The minimum Gasteiger partial charge on any atom is -0.507 e. The number of aromatic hydroxyl groups is 1. The normalized spacial score (nSPS) is 28.0. The van der Waals surface area contributed by atoms with E-state index in [9.17, 15) is 56.8 Å². The van der Waals surface area contributed by atoms with Gasteiger partial charge in [-0.05, 0) is 48.4 Å². The van der Waals surface area contributed by atoms with Gasteiger partial charge < -0.3 is 26.2 Å². The molecule has 210 valence electrons. The van der Waals surface area contributed by atoms with Gasteiger partial charge in [-0.25, -0.2) is 22.0 Å². The van der Waals surface area contributed by atoms with E-state index in [0.29, 0.717) is 6.08 Å². The molecule has 5 atom stereocenters. The number of halogens is 5. The van der Waals surface area contributed by atoms with Crippen LogP contribution in [0.3, 0.4) is 0 Å². The summed E-state index contributed by atoms with van der Waals surface area (Å²) in [7, 11) is 0. The van der Waals surface area contributed by atoms with Crippen LogP contribution in [0.1, 0.15) is 35.1 Å². The monoisotopic (exact) mass is 565 g/mol. The van der Waals surface area contributed by atoms with Crippen molar-refractivity contribution in [1.82, 2.24) is 0 Å². The smallest absolute Gasteiger partial charge is 0.230 e. The molecular formula is C27H20F5NO7. The quantitative estimate of drug-likeness (QED) is 0.126. The van der Waals surface area contributed by atoms with Crippen LogP contribution in [-0.4, -0.2) is 49.6 Å². The highest BCUT2D eigenvalue weighted by Gasteiger charge is 2.63. The predicted molar refractivity (Wildman–Crippen MR) is 126 cm³/mol. The van der Waals surface area contributed by atoms with E-state index in [4.69, 9.17) is 5.73 Å². The van der Waals surface area contributed by atoms with Crippen LogP contribution in [0.5, 0.6) is 5.75 Å². The molecule has 6 N–H and O–H groups in total. The highest BCUT2D eigenvalue weighted by molar-refractivity contribution is 6.24. The summed E-state index contributed by atoms with van der Waals surface area (Å²) in [5.74, 6) is -19.8. The Morgan fingerprint density at radius 1 is 0.950 bits per heavy atom. The molecule has 1 amide bonds. The molecule has 0 bridgehead atoms. The lowest BCUT2D eigenvalue weighted by atomic mass is 9.56. The predicted octanol–water partition coefficient (Wildman–Crippen LogP) is 2.45. The lowest BCUT2D eigenvalue weighted by molar-refractivity contribution is -0.174. The lowest BCUT2D eigenvalue weighted by Crippen LogP contribution is -2.66. The van der Waals surface area contributed by atoms with Crippen LogP contribution in [0, 0.1) is 46.8 Å². The van der Waals surface area contributed by atoms with Gasteiger partial charge in [0.2, 0.25) is 17.5 Å². The van der Waals surface area contributed by atoms with Gasteiger partial charge in [0.25, 0.3) is 0 Å². The van der Waals surface area contributed by atoms with Crippen molar-refractivity contribution in [3.05, 3.63) is 69.0 Å². The third kappa shape index (κ3) is 3.68. The molecule has 3 aliphatic rings. The van der Waals surface area contributed by atoms with Crippen molar-refractivity contribution in [3.8, 4) is 5.75 Å². The summed E-state index contributed by atoms with van der Waals surface area (Å²) in [5.41, 5.74) is 0.709. The van der Waals surface area contributed by atoms with Crippen molar-refractivity contribution >= 4 is 35.4 Å². The second-order valence-electron chi connectivity index (χ2n) is 10.1. The number of fused-ring (bicyclic) bond motifs is 3. The standard InChI is InChI=1S/C27H20F5NO7/c28-18-11(19(29)21(31)22(32)20(18)30)3-1-8-2-4-13(34)16-12(8)6-9-5-10-7-14(35)17(26(33)39)25(38)27(10,40)24(37)15(9)23(16)36/h1-4,9-10,14,17,34-36,40H,5-7H2,(H2,33,39)/b3-1+/t9-,10+,14?,17?,27+/m1/s1. The fourth-order valence-electron chi connectivity index (χ4n) is 6.05. The van der Waals surface area contributed by atoms with Crippen molar-refractivity contribution in [1.29, 1.82) is 0 Å². The van der Waals surface area contributed by atoms with E-state index in [0.717, 1.165) is 12.1 Å². The van der Waals surface area contributed by atoms with Crippen molar-refractivity contribution in [3.63, 3.8) is 0 Å². The Kier molecular flexibility index (Phi) is 6.34. The minimum absolute atomic E-state index is 0.0872. The van der Waals surface area contributed by atoms with Gasteiger partial charge in [0, 0.05) is 11.5 Å². The number of benzene rings is 2. The van der Waals surface area contributed by atoms with E-state index < -0.39 is 98.7 Å². The molecule has 2 unspecified atom stereocenters. The SMILES string of the molecule is NC(=O)C1C(=O)[C@@]2(O)C(=O)C3=C(O)c4c(O)ccc(/C=C/c5c(F)c(F)c(F)c(F)c5F)c4C[C@H]3C[C@H]2CC1O. The first kappa shape index (κ1) is 27.5. The summed E-state index contributed by atoms with van der Waals surface area (Å²) in [6, 6.07) is 2.30. The number of phenols is 1. The molecule has 0 saturated heterocycles. The molecule has 40 heavy (non-hydrogen) atoms. The Hall–Kier alpha value is -4.10. The number of Topliss-reactive ketones (excluding diaryl/α,β-unsaturated/α-hetero) is 2. The van der Waals surface area contributed by atoms with Crippen LogP contribution in [0.25, 0.3) is 17.9 Å². The zero-order valence-corrected chi connectivity index (χ0v) is 20.2. The van der Waals surface area contributed by atoms with Gasteiger partial charge >= 0.3 is 0 Å². The number of aliphatic hydroxyl groups is 3. The molecule has 2 fully saturated rings. The Labute approximate surface area is 221 Å². The van der Waals surface area contributed by atoms with Gasteiger partial charge in [-0.2, -0.15) is 0 Å². The van der Waals surface area contributed by atoms with Crippen LogP contribution in [-0.2, 0) is 20.8 Å². The van der Waals surface area contributed by atoms with Crippen LogP contribution < -0.4 is 5.73 Å². The second-order valence-corrected chi connectivity index (χ2v) is 10.1. The van der Waals surface area contributed by atoms with Gasteiger partial charge in [-0.15, -0.1) is 0 Å². The number of aliphatic hydroxyl groups excluding tert-OH is 2. The van der Waals surface area contributed by atoms with Crippen LogP contribution in [0.2, 0.25) is 0 Å². The molecule has 2 aromatic carbocycles. The summed E-state index contributed by atoms with van der Waals surface area (Å²) in [6.45, 7) is 0. The Morgan fingerprint density at radius 3 is 2.15 bits per heavy atom. The maximum absolute atomic E-state index is 14.2. The number of rotatable bonds is 3. The maximum atomic E-state index is 14.2. The number of carbonyl (C=O) groups is 3. The van der Waals surface area contributed by atoms with E-state index in [2.05, 4.69) is 0 Å². The molecule has 3 aliphatic carbocycles. The van der Waals surface area contributed by atoms with E-state index in [1.165, 1.54) is 6.07 Å². The highest BCUT2D eigenvalue weighted by Crippen LogP contribution is 2.51. The van der Waals surface area contributed by atoms with E-state index in [1.54, 1.807) is 0 Å². The van der Waals surface area contributed by atoms with Gasteiger partial charge in [-0.1, -0.05) is 12.1 Å². The summed E-state index contributed by atoms with van der Waals surface area (Å²) < 4.78 is 69.0. The van der Waals surface area contributed by atoms with Crippen molar-refractivity contribution in [2.45, 2.75) is 31.0 Å². The third-order valence-corrected chi connectivity index (χ3v) is 7.98. The number of primary amides is 1. The van der Waals surface area contributed by atoms with Gasteiger partial charge in [0.15, 0.2) is 34.7 Å². The topological polar surface area (TPSA) is 158 Å². The highest BCUT2D eigenvalue weighted by atomic mass is 19.2. The van der Waals surface area contributed by atoms with Gasteiger partial charge in [-0.3, -0.25) is 14.4 Å². The molecule has 0 spiro atoms. The van der Waals surface area contributed by atoms with Crippen LogP contribution >= 0.6 is 0 Å². The number of amides is 1. The molecule has 0 aliphatic heterocycles. The number of hydrogen-bond donors (Lipinski definition) is 5. The molecular weight excluding hydrogens is 545 g/mol. The second kappa shape index (κ2) is 9.24. The number of hydrogen-bond acceptors (Lipinski definition) is 7. The van der Waals surface area contributed by atoms with E-state index in [-0.39, 0.29) is 36.0 Å². The number of carbonyl (C=O) groups excluding carboxylic acids is 3.